The van der Waals surface area contributed by atoms with Gasteiger partial charge >= 0.3 is 11.3 Å². The van der Waals surface area contributed by atoms with E-state index in [2.05, 4.69) is 0 Å². The lowest BCUT2D eigenvalue weighted by atomic mass is 10.1. The number of hydrogen-bond acceptors (Lipinski definition) is 6. The highest BCUT2D eigenvalue weighted by Crippen LogP contribution is 2.72. The largest absolute Gasteiger partial charge is 0.478 e. The van der Waals surface area contributed by atoms with Crippen LogP contribution in [0.15, 0.2) is 18.2 Å². The molecule has 3 heterocycles. The Morgan fingerprint density at radius 1 is 1.12 bits per heavy atom. The van der Waals surface area contributed by atoms with Gasteiger partial charge in [-0.25, -0.2) is 18.0 Å². The number of carbonyl (C=O) groups is 2. The van der Waals surface area contributed by atoms with Crippen molar-refractivity contribution in [3.8, 4) is 0 Å². The Morgan fingerprint density at radius 3 is 2.38 bits per heavy atom. The molecule has 0 radical (unpaired) electrons. The van der Waals surface area contributed by atoms with Crippen LogP contribution < -0.4 is 8.61 Å². The highest BCUT2D eigenvalue weighted by atomic mass is 32.3. The van der Waals surface area contributed by atoms with Crippen LogP contribution in [0.2, 0.25) is 0 Å². The number of carboxylic acids is 1. The van der Waals surface area contributed by atoms with Crippen molar-refractivity contribution in [3.05, 3.63) is 23.8 Å². The molecule has 24 heavy (non-hydrogen) atoms. The quantitative estimate of drug-likeness (QED) is 0.808. The molecule has 0 aliphatic carbocycles. The van der Waals surface area contributed by atoms with Crippen LogP contribution in [0.4, 0.5) is 16.2 Å². The fourth-order valence-electron chi connectivity index (χ4n) is 3.29. The molecule has 1 aromatic carbocycles. The van der Waals surface area contributed by atoms with Crippen LogP contribution in [0.1, 0.15) is 23.2 Å². The second kappa shape index (κ2) is 5.03. The Hall–Kier alpha value is -1.94. The van der Waals surface area contributed by atoms with Gasteiger partial charge in [0, 0.05) is 18.8 Å². The van der Waals surface area contributed by atoms with E-state index in [0.717, 1.165) is 10.7 Å². The van der Waals surface area contributed by atoms with Crippen molar-refractivity contribution in [1.29, 1.82) is 0 Å². The van der Waals surface area contributed by atoms with Crippen molar-refractivity contribution in [3.63, 3.8) is 0 Å². The molecular formula is C14H16N2O6S2. The lowest BCUT2D eigenvalue weighted by Crippen LogP contribution is -2.27. The smallest absolute Gasteiger partial charge is 0.413 e. The Kier molecular flexibility index (Phi) is 3.26. The van der Waals surface area contributed by atoms with E-state index < -0.39 is 26.5 Å². The van der Waals surface area contributed by atoms with Gasteiger partial charge in [-0.1, -0.05) is 0 Å². The van der Waals surface area contributed by atoms with Crippen LogP contribution in [-0.2, 0) is 14.2 Å². The molecular weight excluding hydrogens is 356 g/mol. The lowest BCUT2D eigenvalue weighted by molar-refractivity contribution is 0.0697. The van der Waals surface area contributed by atoms with Crippen molar-refractivity contribution >= 4 is 43.2 Å². The Balaban J connectivity index is 1.80. The molecule has 3 aliphatic heterocycles. The average Bonchev–Trinajstić information content (AvgIpc) is 2.85. The van der Waals surface area contributed by atoms with Crippen LogP contribution in [0.25, 0.3) is 0 Å². The van der Waals surface area contributed by atoms with E-state index in [1.165, 1.54) is 6.07 Å². The summed E-state index contributed by atoms with van der Waals surface area (Å²) in [6, 6.07) is 4.57. The molecule has 0 bridgehead atoms. The van der Waals surface area contributed by atoms with Gasteiger partial charge in [0.1, 0.15) is 0 Å². The zero-order valence-electron chi connectivity index (χ0n) is 12.7. The molecule has 130 valence electrons. The van der Waals surface area contributed by atoms with Crippen LogP contribution in [0, 0.1) is 0 Å². The molecule has 3 saturated heterocycles. The van der Waals surface area contributed by atoms with E-state index in [9.17, 15) is 23.1 Å². The summed E-state index contributed by atoms with van der Waals surface area (Å²) >= 11 is 0. The first-order valence-corrected chi connectivity index (χ1v) is 10.8. The van der Waals surface area contributed by atoms with Gasteiger partial charge in [0.15, 0.2) is 0 Å². The van der Waals surface area contributed by atoms with Crippen molar-refractivity contribution < 1.29 is 27.3 Å². The number of rotatable bonds is 3. The van der Waals surface area contributed by atoms with Gasteiger partial charge in [-0.05, 0) is 31.0 Å². The minimum atomic E-state index is -3.50. The third kappa shape index (κ3) is 2.16. The van der Waals surface area contributed by atoms with Crippen LogP contribution in [0.5, 0.6) is 0 Å². The summed E-state index contributed by atoms with van der Waals surface area (Å²) in [6.45, 7) is 0.902. The first-order valence-electron chi connectivity index (χ1n) is 7.55. The maximum Gasteiger partial charge on any atom is 0.413 e. The summed E-state index contributed by atoms with van der Waals surface area (Å²) in [7, 11) is -5.39. The Morgan fingerprint density at radius 2 is 1.79 bits per heavy atom. The fraction of sp³-hybridized carbons (Fsp3) is 0.429. The molecule has 1 N–H and O–H groups in total. The maximum absolute atomic E-state index is 12.2. The van der Waals surface area contributed by atoms with Gasteiger partial charge in [0.2, 0.25) is 10.0 Å². The van der Waals surface area contributed by atoms with E-state index >= 15 is 0 Å². The minimum absolute atomic E-state index is 0.0107. The summed E-state index contributed by atoms with van der Waals surface area (Å²) in [6.07, 6.45) is 1.28. The maximum atomic E-state index is 12.2. The van der Waals surface area contributed by atoms with Gasteiger partial charge in [-0.3, -0.25) is 8.61 Å². The predicted octanol–water partition coefficient (Wildman–Crippen LogP) is 1.92. The molecule has 1 unspecified atom stereocenters. The molecule has 0 amide bonds. The molecule has 0 saturated carbocycles. The van der Waals surface area contributed by atoms with E-state index in [1.807, 2.05) is 4.31 Å². The topological polar surface area (TPSA) is 108 Å². The van der Waals surface area contributed by atoms with Crippen LogP contribution >= 0.6 is 10.5 Å². The number of anilines is 2. The second-order valence-electron chi connectivity index (χ2n) is 5.88. The van der Waals surface area contributed by atoms with Crippen molar-refractivity contribution in [2.24, 2.45) is 0 Å². The van der Waals surface area contributed by atoms with Gasteiger partial charge in [0.05, 0.1) is 33.2 Å². The summed E-state index contributed by atoms with van der Waals surface area (Å²) in [4.78, 5) is 23.2. The Bertz CT molecular complexity index is 855. The standard InChI is InChI=1S/C14H16N2O6S2/c17-13(18)11-4-3-10(15-5-1-7-23(15)14(19)22-23)9-12(11)16-6-2-8-24(16,20)21/h3-4,9H,1-2,5-8H2,(H,17,18). The average molecular weight is 372 g/mol. The minimum Gasteiger partial charge on any atom is -0.478 e. The summed E-state index contributed by atoms with van der Waals surface area (Å²) in [5.74, 6) is -0.499. The first-order chi connectivity index (χ1) is 11.3. The zero-order chi connectivity index (χ0) is 17.1. The number of aromatic carboxylic acids is 1. The van der Waals surface area contributed by atoms with Crippen molar-refractivity contribution in [2.75, 3.05) is 33.2 Å². The Labute approximate surface area is 140 Å². The summed E-state index contributed by atoms with van der Waals surface area (Å²) in [5, 5.41) is 9.19. The summed E-state index contributed by atoms with van der Waals surface area (Å²) < 4.78 is 32.7. The van der Waals surface area contributed by atoms with Gasteiger partial charge in [-0.2, -0.15) is 0 Å². The monoisotopic (exact) mass is 372 g/mol. The number of carboxylic acid groups (broad SMARTS) is 1. The molecule has 1 spiro atoms. The molecule has 4 rings (SSSR count). The van der Waals surface area contributed by atoms with E-state index in [-0.39, 0.29) is 28.8 Å². The molecule has 1 atom stereocenters. The number of nitrogens with zero attached hydrogens (tertiary/aromatic N) is 2. The highest BCUT2D eigenvalue weighted by Gasteiger charge is 2.60. The number of carbonyl (C=O) groups excluding carboxylic acids is 1. The van der Waals surface area contributed by atoms with E-state index in [0.29, 0.717) is 24.4 Å². The lowest BCUT2D eigenvalue weighted by Gasteiger charge is -2.26. The van der Waals surface area contributed by atoms with Crippen molar-refractivity contribution in [1.82, 2.24) is 0 Å². The third-order valence-corrected chi connectivity index (χ3v) is 9.13. The molecule has 3 fully saturated rings. The molecule has 3 aliphatic rings. The molecule has 0 aromatic heterocycles. The number of benzene rings is 1. The van der Waals surface area contributed by atoms with Gasteiger partial charge in [0.25, 0.3) is 0 Å². The van der Waals surface area contributed by atoms with Crippen LogP contribution in [-0.4, -0.2) is 49.4 Å². The normalized spacial score (nSPS) is 30.2. The van der Waals surface area contributed by atoms with E-state index in [1.54, 1.807) is 12.1 Å². The van der Waals surface area contributed by atoms with Gasteiger partial charge in [-0.15, -0.1) is 0 Å². The predicted molar refractivity (Wildman–Crippen MR) is 90.1 cm³/mol. The van der Waals surface area contributed by atoms with Gasteiger partial charge < -0.3 is 9.29 Å². The summed E-state index contributed by atoms with van der Waals surface area (Å²) in [5.41, 5.74) is 0.734. The fourth-order valence-corrected chi connectivity index (χ4v) is 7.43. The van der Waals surface area contributed by atoms with Crippen LogP contribution in [0.3, 0.4) is 0 Å². The highest BCUT2D eigenvalue weighted by molar-refractivity contribution is 8.49. The molecule has 8 nitrogen and oxygen atoms in total. The molecule has 10 heteroatoms. The second-order valence-corrected chi connectivity index (χ2v) is 10.5. The van der Waals surface area contributed by atoms with Crippen molar-refractivity contribution in [2.45, 2.75) is 12.8 Å². The zero-order valence-corrected chi connectivity index (χ0v) is 14.3. The SMILES string of the molecule is O=C(O)c1ccc(N2CCCS23OC3=O)cc1N1CCCS1(=O)=O. The number of hydrogen-bond donors (Lipinski definition) is 1. The molecule has 1 aromatic rings. The van der Waals surface area contributed by atoms with E-state index in [4.69, 9.17) is 4.18 Å². The first kappa shape index (κ1) is 15.6. The number of sulfonamides is 1. The third-order valence-electron chi connectivity index (χ3n) is 4.45.